The molecular weight excluding hydrogens is 220 g/mol. The minimum atomic E-state index is -0.788. The molecule has 0 radical (unpaired) electrons. The minimum Gasteiger partial charge on any atom is -0.481 e. The fourth-order valence-corrected chi connectivity index (χ4v) is 1.57. The van der Waals surface area contributed by atoms with Gasteiger partial charge in [0.1, 0.15) is 0 Å². The van der Waals surface area contributed by atoms with E-state index in [0.717, 1.165) is 19.3 Å². The van der Waals surface area contributed by atoms with Crippen LogP contribution in [0.4, 0.5) is 4.79 Å². The van der Waals surface area contributed by atoms with Gasteiger partial charge in [0.05, 0.1) is 0 Å². The van der Waals surface area contributed by atoms with Crippen LogP contribution in [0.5, 0.6) is 0 Å². The van der Waals surface area contributed by atoms with Crippen LogP contribution >= 0.6 is 0 Å². The Balaban J connectivity index is 3.54. The van der Waals surface area contributed by atoms with Gasteiger partial charge in [0.15, 0.2) is 0 Å². The third kappa shape index (κ3) is 9.66. The van der Waals surface area contributed by atoms with Crippen LogP contribution in [0.25, 0.3) is 0 Å². The van der Waals surface area contributed by atoms with Crippen LogP contribution in [0.1, 0.15) is 52.4 Å². The molecule has 17 heavy (non-hydrogen) atoms. The van der Waals surface area contributed by atoms with Crippen molar-refractivity contribution < 1.29 is 14.7 Å². The van der Waals surface area contributed by atoms with Gasteiger partial charge >= 0.3 is 12.0 Å². The molecule has 0 aliphatic heterocycles. The van der Waals surface area contributed by atoms with Crippen LogP contribution in [0.2, 0.25) is 0 Å². The lowest BCUT2D eigenvalue weighted by atomic mass is 10.1. The summed E-state index contributed by atoms with van der Waals surface area (Å²) in [6.07, 6.45) is 4.43. The molecule has 1 atom stereocenters. The van der Waals surface area contributed by atoms with E-state index in [2.05, 4.69) is 17.6 Å². The van der Waals surface area contributed by atoms with E-state index in [9.17, 15) is 9.59 Å². The maximum Gasteiger partial charge on any atom is 0.315 e. The maximum atomic E-state index is 11.4. The number of amides is 2. The average molecular weight is 244 g/mol. The highest BCUT2D eigenvalue weighted by atomic mass is 16.4. The van der Waals surface area contributed by atoms with Crippen LogP contribution in [-0.4, -0.2) is 29.7 Å². The van der Waals surface area contributed by atoms with Gasteiger partial charge in [0.25, 0.3) is 0 Å². The molecule has 0 heterocycles. The molecule has 0 aliphatic carbocycles. The molecule has 100 valence electrons. The van der Waals surface area contributed by atoms with Gasteiger partial charge in [0, 0.05) is 19.0 Å². The van der Waals surface area contributed by atoms with E-state index in [-0.39, 0.29) is 18.5 Å². The van der Waals surface area contributed by atoms with Crippen LogP contribution in [0, 0.1) is 0 Å². The first-order chi connectivity index (χ1) is 8.10. The maximum absolute atomic E-state index is 11.4. The summed E-state index contributed by atoms with van der Waals surface area (Å²) in [4.78, 5) is 21.7. The Morgan fingerprint density at radius 3 is 2.47 bits per heavy atom. The first kappa shape index (κ1) is 15.7. The number of aliphatic carboxylic acids is 1. The van der Waals surface area contributed by atoms with E-state index in [1.54, 1.807) is 0 Å². The van der Waals surface area contributed by atoms with Gasteiger partial charge in [-0.15, -0.1) is 0 Å². The third-order valence-electron chi connectivity index (χ3n) is 2.57. The summed E-state index contributed by atoms with van der Waals surface area (Å²) in [5.74, 6) is -0.788. The molecule has 0 aromatic carbocycles. The van der Waals surface area contributed by atoms with E-state index in [1.165, 1.54) is 0 Å². The summed E-state index contributed by atoms with van der Waals surface area (Å²) < 4.78 is 0. The second-order valence-corrected chi connectivity index (χ2v) is 4.14. The number of unbranched alkanes of at least 4 members (excludes halogenated alkanes) is 1. The molecule has 0 bridgehead atoms. The molecule has 0 fully saturated rings. The highest BCUT2D eigenvalue weighted by molar-refractivity contribution is 5.74. The molecule has 0 aromatic heterocycles. The number of carbonyl (C=O) groups is 2. The molecule has 0 spiro atoms. The zero-order valence-electron chi connectivity index (χ0n) is 10.8. The van der Waals surface area contributed by atoms with Crippen molar-refractivity contribution in [2.75, 3.05) is 6.54 Å². The van der Waals surface area contributed by atoms with E-state index >= 15 is 0 Å². The molecule has 5 heteroatoms. The number of carboxylic acid groups (broad SMARTS) is 1. The Labute approximate surface area is 103 Å². The highest BCUT2D eigenvalue weighted by Gasteiger charge is 2.08. The van der Waals surface area contributed by atoms with Gasteiger partial charge in [-0.1, -0.05) is 20.3 Å². The van der Waals surface area contributed by atoms with Crippen molar-refractivity contribution in [1.82, 2.24) is 10.6 Å². The quantitative estimate of drug-likeness (QED) is 0.544. The number of carbonyl (C=O) groups excluding carboxylic acids is 1. The predicted octanol–water partition coefficient (Wildman–Crippen LogP) is 2.12. The first-order valence-corrected chi connectivity index (χ1v) is 6.36. The lowest BCUT2D eigenvalue weighted by Gasteiger charge is -2.16. The Bertz CT molecular complexity index is 232. The first-order valence-electron chi connectivity index (χ1n) is 6.36. The molecule has 0 saturated heterocycles. The lowest BCUT2D eigenvalue weighted by Crippen LogP contribution is -2.42. The number of urea groups is 1. The monoisotopic (exact) mass is 244 g/mol. The predicted molar refractivity (Wildman–Crippen MR) is 67.0 cm³/mol. The Kier molecular flexibility index (Phi) is 9.19. The highest BCUT2D eigenvalue weighted by Crippen LogP contribution is 2.00. The van der Waals surface area contributed by atoms with Crippen molar-refractivity contribution in [2.45, 2.75) is 58.4 Å². The average Bonchev–Trinajstić information content (AvgIpc) is 2.27. The van der Waals surface area contributed by atoms with Crippen molar-refractivity contribution in [3.05, 3.63) is 0 Å². The summed E-state index contributed by atoms with van der Waals surface area (Å²) in [6.45, 7) is 4.67. The second kappa shape index (κ2) is 9.93. The van der Waals surface area contributed by atoms with Crippen molar-refractivity contribution >= 4 is 12.0 Å². The Morgan fingerprint density at radius 2 is 1.94 bits per heavy atom. The van der Waals surface area contributed by atoms with Crippen molar-refractivity contribution in [2.24, 2.45) is 0 Å². The fraction of sp³-hybridized carbons (Fsp3) is 0.833. The molecule has 1 unspecified atom stereocenters. The molecule has 0 aliphatic rings. The molecule has 0 rings (SSSR count). The zero-order valence-corrected chi connectivity index (χ0v) is 10.8. The summed E-state index contributed by atoms with van der Waals surface area (Å²) >= 11 is 0. The number of rotatable bonds is 9. The van der Waals surface area contributed by atoms with Gasteiger partial charge < -0.3 is 15.7 Å². The normalized spacial score (nSPS) is 11.9. The zero-order chi connectivity index (χ0) is 13.1. The standard InChI is InChI=1S/C12H24N2O3/c1-3-7-10(4-2)14-12(17)13-9-6-5-8-11(15)16/h10H,3-9H2,1-2H3,(H,15,16)(H2,13,14,17). The van der Waals surface area contributed by atoms with Gasteiger partial charge in [-0.05, 0) is 25.7 Å². The van der Waals surface area contributed by atoms with E-state index in [0.29, 0.717) is 19.4 Å². The summed E-state index contributed by atoms with van der Waals surface area (Å²) in [6, 6.07) is 0.0830. The Hall–Kier alpha value is -1.26. The smallest absolute Gasteiger partial charge is 0.315 e. The third-order valence-corrected chi connectivity index (χ3v) is 2.57. The van der Waals surface area contributed by atoms with Gasteiger partial charge in [-0.2, -0.15) is 0 Å². The number of hydrogen-bond donors (Lipinski definition) is 3. The number of nitrogens with one attached hydrogen (secondary N) is 2. The molecule has 2 amide bonds. The minimum absolute atomic E-state index is 0.152. The summed E-state index contributed by atoms with van der Waals surface area (Å²) in [5, 5.41) is 14.1. The summed E-state index contributed by atoms with van der Waals surface area (Å²) in [7, 11) is 0. The van der Waals surface area contributed by atoms with Crippen molar-refractivity contribution in [3.8, 4) is 0 Å². The molecule has 0 saturated carbocycles. The van der Waals surface area contributed by atoms with Gasteiger partial charge in [-0.3, -0.25) is 4.79 Å². The molecule has 0 aromatic rings. The van der Waals surface area contributed by atoms with Crippen LogP contribution in [-0.2, 0) is 4.79 Å². The summed E-state index contributed by atoms with van der Waals surface area (Å²) in [5.41, 5.74) is 0. The van der Waals surface area contributed by atoms with Gasteiger partial charge in [0.2, 0.25) is 0 Å². The van der Waals surface area contributed by atoms with Crippen LogP contribution in [0.3, 0.4) is 0 Å². The topological polar surface area (TPSA) is 78.4 Å². The fourth-order valence-electron chi connectivity index (χ4n) is 1.57. The lowest BCUT2D eigenvalue weighted by molar-refractivity contribution is -0.137. The number of carboxylic acids is 1. The Morgan fingerprint density at radius 1 is 1.24 bits per heavy atom. The van der Waals surface area contributed by atoms with Crippen LogP contribution < -0.4 is 10.6 Å². The molecular formula is C12H24N2O3. The van der Waals surface area contributed by atoms with Crippen molar-refractivity contribution in [3.63, 3.8) is 0 Å². The molecule has 5 nitrogen and oxygen atoms in total. The largest absolute Gasteiger partial charge is 0.481 e. The number of hydrogen-bond acceptors (Lipinski definition) is 2. The van der Waals surface area contributed by atoms with Crippen LogP contribution in [0.15, 0.2) is 0 Å². The van der Waals surface area contributed by atoms with E-state index < -0.39 is 5.97 Å². The van der Waals surface area contributed by atoms with E-state index in [4.69, 9.17) is 5.11 Å². The second-order valence-electron chi connectivity index (χ2n) is 4.14. The van der Waals surface area contributed by atoms with Crippen molar-refractivity contribution in [1.29, 1.82) is 0 Å². The van der Waals surface area contributed by atoms with E-state index in [1.807, 2.05) is 6.92 Å². The van der Waals surface area contributed by atoms with Gasteiger partial charge in [-0.25, -0.2) is 4.79 Å². The molecule has 3 N–H and O–H groups in total. The SMILES string of the molecule is CCCC(CC)NC(=O)NCCCCC(=O)O.